The first-order valence-corrected chi connectivity index (χ1v) is 21.3. The van der Waals surface area contributed by atoms with Crippen molar-refractivity contribution in [2.45, 2.75) is 0 Å². The quantitative estimate of drug-likeness (QED) is 0.168. The molecule has 0 radical (unpaired) electrons. The van der Waals surface area contributed by atoms with Crippen LogP contribution in [0.1, 0.15) is 0 Å². The van der Waals surface area contributed by atoms with Gasteiger partial charge in [-0.3, -0.25) is 9.13 Å². The highest BCUT2D eigenvalue weighted by Gasteiger charge is 2.22. The van der Waals surface area contributed by atoms with E-state index in [4.69, 9.17) is 15.0 Å². The second kappa shape index (κ2) is 14.0. The lowest BCUT2D eigenvalue weighted by Crippen LogP contribution is -2.10. The van der Waals surface area contributed by atoms with E-state index >= 15 is 0 Å². The highest BCUT2D eigenvalue weighted by atomic mass is 15.3. The Morgan fingerprint density at radius 2 is 0.683 bits per heavy atom. The van der Waals surface area contributed by atoms with Crippen LogP contribution in [0.25, 0.3) is 117 Å². The second-order valence-electron chi connectivity index (χ2n) is 16.0. The molecular weight excluding hydrogens is 769 g/mol. The number of nitrogens with zero attached hydrogens (tertiary/aromatic N) is 6. The third kappa shape index (κ3) is 5.48. The van der Waals surface area contributed by atoms with Crippen LogP contribution in [0.3, 0.4) is 0 Å². The van der Waals surface area contributed by atoms with Crippen LogP contribution in [0, 0.1) is 0 Å². The molecule has 0 saturated heterocycles. The molecule has 0 spiro atoms. The number of para-hydroxylation sites is 5. The van der Waals surface area contributed by atoms with Gasteiger partial charge in [-0.1, -0.05) is 164 Å². The van der Waals surface area contributed by atoms with Gasteiger partial charge in [-0.15, -0.1) is 0 Å². The average Bonchev–Trinajstić information content (AvgIpc) is 4.00. The van der Waals surface area contributed by atoms with Gasteiger partial charge in [0.1, 0.15) is 0 Å². The number of rotatable bonds is 6. The summed E-state index contributed by atoms with van der Waals surface area (Å²) in [4.78, 5) is 16.3. The minimum absolute atomic E-state index is 0.546. The summed E-state index contributed by atoms with van der Waals surface area (Å²) in [5.41, 5.74) is 12.9. The maximum absolute atomic E-state index is 5.46. The zero-order valence-corrected chi connectivity index (χ0v) is 34.0. The molecule has 0 atom stereocenters. The number of aromatic nitrogens is 6. The molecule has 0 amide bonds. The van der Waals surface area contributed by atoms with Crippen molar-refractivity contribution in [1.82, 2.24) is 28.7 Å². The molecule has 6 heteroatoms. The van der Waals surface area contributed by atoms with E-state index in [-0.39, 0.29) is 0 Å². The summed E-state index contributed by atoms with van der Waals surface area (Å²) < 4.78 is 6.75. The molecule has 13 aromatic rings. The Morgan fingerprint density at radius 1 is 0.254 bits per heavy atom. The van der Waals surface area contributed by atoms with Crippen molar-refractivity contribution >= 4 is 65.4 Å². The molecule has 13 rings (SSSR count). The fraction of sp³-hybridized carbons (Fsp3) is 0. The highest BCUT2D eigenvalue weighted by Crippen LogP contribution is 2.39. The van der Waals surface area contributed by atoms with Crippen molar-refractivity contribution in [3.8, 4) is 51.2 Å². The van der Waals surface area contributed by atoms with E-state index in [1.165, 1.54) is 27.4 Å². The molecule has 0 unspecified atom stereocenters. The number of hydrogen-bond donors (Lipinski definition) is 0. The second-order valence-corrected chi connectivity index (χ2v) is 16.0. The van der Waals surface area contributed by atoms with Crippen molar-refractivity contribution in [3.05, 3.63) is 218 Å². The van der Waals surface area contributed by atoms with Gasteiger partial charge < -0.3 is 4.57 Å². The Labute approximate surface area is 362 Å². The first kappa shape index (κ1) is 35.2. The minimum Gasteiger partial charge on any atom is -0.309 e. The molecule has 4 aromatic heterocycles. The summed E-state index contributed by atoms with van der Waals surface area (Å²) in [7, 11) is 0. The van der Waals surface area contributed by atoms with E-state index < -0.39 is 0 Å². The van der Waals surface area contributed by atoms with Gasteiger partial charge >= 0.3 is 0 Å². The van der Waals surface area contributed by atoms with Crippen molar-refractivity contribution < 1.29 is 0 Å². The van der Waals surface area contributed by atoms with Crippen molar-refractivity contribution in [1.29, 1.82) is 0 Å². The molecule has 0 aliphatic rings. The lowest BCUT2D eigenvalue weighted by atomic mass is 9.98. The molecule has 63 heavy (non-hydrogen) atoms. The normalized spacial score (nSPS) is 11.8. The van der Waals surface area contributed by atoms with Crippen LogP contribution in [0.15, 0.2) is 218 Å². The van der Waals surface area contributed by atoms with Gasteiger partial charge in [-0.05, 0) is 76.9 Å². The molecule has 0 aliphatic heterocycles. The number of benzene rings is 9. The van der Waals surface area contributed by atoms with E-state index in [0.29, 0.717) is 17.7 Å². The maximum Gasteiger partial charge on any atom is 0.240 e. The van der Waals surface area contributed by atoms with Gasteiger partial charge in [-0.2, -0.15) is 15.0 Å². The summed E-state index contributed by atoms with van der Waals surface area (Å²) in [5, 5.41) is 7.02. The Hall–Kier alpha value is -8.61. The molecule has 0 fully saturated rings. The third-order valence-corrected chi connectivity index (χ3v) is 12.5. The van der Waals surface area contributed by atoms with Gasteiger partial charge in [0.2, 0.25) is 11.9 Å². The summed E-state index contributed by atoms with van der Waals surface area (Å²) in [6.07, 6.45) is 0. The van der Waals surface area contributed by atoms with Crippen LogP contribution in [-0.4, -0.2) is 28.7 Å². The Bertz CT molecular complexity index is 3820. The number of hydrogen-bond acceptors (Lipinski definition) is 3. The lowest BCUT2D eigenvalue weighted by molar-refractivity contribution is 0.893. The van der Waals surface area contributed by atoms with Gasteiger partial charge in [0.05, 0.1) is 33.1 Å². The van der Waals surface area contributed by atoms with Crippen LogP contribution < -0.4 is 0 Å². The molecule has 9 aromatic carbocycles. The summed E-state index contributed by atoms with van der Waals surface area (Å²) in [6, 6.07) is 77.4. The molecule has 6 nitrogen and oxygen atoms in total. The Morgan fingerprint density at radius 3 is 1.24 bits per heavy atom. The van der Waals surface area contributed by atoms with E-state index in [9.17, 15) is 0 Å². The predicted octanol–water partition coefficient (Wildman–Crippen LogP) is 14.2. The van der Waals surface area contributed by atoms with Crippen LogP contribution in [-0.2, 0) is 0 Å². The monoisotopic (exact) mass is 804 g/mol. The topological polar surface area (TPSA) is 53.5 Å². The lowest BCUT2D eigenvalue weighted by Gasteiger charge is -2.15. The largest absolute Gasteiger partial charge is 0.309 e. The van der Waals surface area contributed by atoms with E-state index in [1.54, 1.807) is 0 Å². The molecular formula is C57H36N6. The highest BCUT2D eigenvalue weighted by molar-refractivity contribution is 6.12. The first-order chi connectivity index (χ1) is 31.3. The third-order valence-electron chi connectivity index (χ3n) is 12.5. The van der Waals surface area contributed by atoms with Gasteiger partial charge in [-0.25, -0.2) is 0 Å². The SMILES string of the molecule is c1ccc(-c2ccc3c(c2)c2ccccc2n3-c2nc(-c3ccccc3-c3cccc(-n4c5ccccc5c5ccccc54)c3)nc(-n3c4ccccc4c4ccccc43)n2)cc1. The van der Waals surface area contributed by atoms with Gasteiger partial charge in [0, 0.05) is 43.6 Å². The van der Waals surface area contributed by atoms with E-state index in [0.717, 1.165) is 71.6 Å². The summed E-state index contributed by atoms with van der Waals surface area (Å²) in [5.74, 6) is 1.68. The smallest absolute Gasteiger partial charge is 0.240 e. The molecule has 0 saturated carbocycles. The van der Waals surface area contributed by atoms with Gasteiger partial charge in [0.15, 0.2) is 5.82 Å². The van der Waals surface area contributed by atoms with Crippen LogP contribution >= 0.6 is 0 Å². The average molecular weight is 805 g/mol. The predicted molar refractivity (Wildman–Crippen MR) is 259 cm³/mol. The molecule has 0 aliphatic carbocycles. The van der Waals surface area contributed by atoms with Crippen LogP contribution in [0.2, 0.25) is 0 Å². The molecule has 294 valence electrons. The standard InChI is InChI=1S/C57H36N6/c1-2-17-37(18-3-1)38-33-34-54-48(36-38)46-26-10-15-32-53(46)63(54)57-59-55(58-56(60-57)62-51-30-13-8-24-44(51)45-25-9-14-31-52(45)62)47-27-5-4-21-41(47)39-19-16-20-40(35-39)61-49-28-11-6-22-42(49)43-23-7-12-29-50(43)61/h1-36H. The zero-order chi connectivity index (χ0) is 41.4. The minimum atomic E-state index is 0.546. The van der Waals surface area contributed by atoms with Crippen molar-refractivity contribution in [2.75, 3.05) is 0 Å². The Balaban J connectivity index is 1.07. The van der Waals surface area contributed by atoms with Crippen LogP contribution in [0.5, 0.6) is 0 Å². The zero-order valence-electron chi connectivity index (χ0n) is 34.0. The van der Waals surface area contributed by atoms with E-state index in [1.807, 2.05) is 0 Å². The van der Waals surface area contributed by atoms with Crippen molar-refractivity contribution in [3.63, 3.8) is 0 Å². The molecule has 0 bridgehead atoms. The summed E-state index contributed by atoms with van der Waals surface area (Å²) >= 11 is 0. The maximum atomic E-state index is 5.46. The Kier molecular flexibility index (Phi) is 7.80. The van der Waals surface area contributed by atoms with Crippen LogP contribution in [0.4, 0.5) is 0 Å². The molecule has 0 N–H and O–H groups in total. The molecule has 4 heterocycles. The van der Waals surface area contributed by atoms with E-state index in [2.05, 4.69) is 232 Å². The van der Waals surface area contributed by atoms with Crippen molar-refractivity contribution in [2.24, 2.45) is 0 Å². The first-order valence-electron chi connectivity index (χ1n) is 21.3. The fourth-order valence-corrected chi connectivity index (χ4v) is 9.75. The summed E-state index contributed by atoms with van der Waals surface area (Å²) in [6.45, 7) is 0. The fourth-order valence-electron chi connectivity index (χ4n) is 9.75. The number of fused-ring (bicyclic) bond motifs is 9. The van der Waals surface area contributed by atoms with Gasteiger partial charge in [0.25, 0.3) is 0 Å².